The Morgan fingerprint density at radius 1 is 1.40 bits per heavy atom. The second kappa shape index (κ2) is 8.38. The highest BCUT2D eigenvalue weighted by Crippen LogP contribution is 2.31. The van der Waals surface area contributed by atoms with E-state index >= 15 is 0 Å². The molecule has 1 N–H and O–H groups in total. The molecule has 1 unspecified atom stereocenters. The van der Waals surface area contributed by atoms with Crippen LogP contribution in [-0.2, 0) is 4.74 Å². The molecule has 0 saturated carbocycles. The summed E-state index contributed by atoms with van der Waals surface area (Å²) in [5.41, 5.74) is 1.05. The molecule has 1 rings (SSSR count). The van der Waals surface area contributed by atoms with Gasteiger partial charge in [-0.25, -0.2) is 0 Å². The Labute approximate surface area is 136 Å². The number of nitrogens with one attached hydrogen (secondary N) is 1. The van der Waals surface area contributed by atoms with Crippen LogP contribution in [0.15, 0.2) is 22.7 Å². The number of benzene rings is 1. The van der Waals surface area contributed by atoms with E-state index in [2.05, 4.69) is 48.1 Å². The molecule has 0 fully saturated rings. The fourth-order valence-electron chi connectivity index (χ4n) is 2.06. The van der Waals surface area contributed by atoms with Crippen LogP contribution < -0.4 is 5.32 Å². The Balaban J connectivity index is 2.85. The van der Waals surface area contributed by atoms with E-state index in [-0.39, 0.29) is 11.6 Å². The van der Waals surface area contributed by atoms with Crippen LogP contribution in [-0.4, -0.2) is 19.3 Å². The quantitative estimate of drug-likeness (QED) is 0.673. The van der Waals surface area contributed by atoms with Gasteiger partial charge in [0.1, 0.15) is 0 Å². The van der Waals surface area contributed by atoms with Gasteiger partial charge in [0.2, 0.25) is 0 Å². The fraction of sp³-hybridized carbons (Fsp3) is 0.625. The average Bonchev–Trinajstić information content (AvgIpc) is 2.42. The lowest BCUT2D eigenvalue weighted by atomic mass is 9.94. The van der Waals surface area contributed by atoms with E-state index in [0.29, 0.717) is 0 Å². The Hall–Kier alpha value is -0.0900. The van der Waals surface area contributed by atoms with E-state index in [1.165, 1.54) is 0 Å². The van der Waals surface area contributed by atoms with Crippen LogP contribution in [0.1, 0.15) is 51.6 Å². The molecule has 2 nitrogen and oxygen atoms in total. The molecule has 20 heavy (non-hydrogen) atoms. The minimum absolute atomic E-state index is 0.107. The highest BCUT2D eigenvalue weighted by molar-refractivity contribution is 9.10. The molecule has 0 aromatic heterocycles. The normalized spacial score (nSPS) is 13.5. The number of rotatable bonds is 8. The van der Waals surface area contributed by atoms with E-state index in [0.717, 1.165) is 40.9 Å². The predicted octanol–water partition coefficient (Wildman–Crippen LogP) is 5.35. The van der Waals surface area contributed by atoms with Crippen LogP contribution in [0.25, 0.3) is 0 Å². The third kappa shape index (κ3) is 5.72. The zero-order chi connectivity index (χ0) is 15.2. The van der Waals surface area contributed by atoms with E-state index < -0.39 is 0 Å². The monoisotopic (exact) mass is 361 g/mol. The Kier molecular flexibility index (Phi) is 7.52. The molecule has 0 amide bonds. The second-order valence-electron chi connectivity index (χ2n) is 5.68. The summed E-state index contributed by atoms with van der Waals surface area (Å²) >= 11 is 9.89. The van der Waals surface area contributed by atoms with E-state index in [1.807, 2.05) is 12.1 Å². The first-order valence-corrected chi connectivity index (χ1v) is 8.30. The maximum absolute atomic E-state index is 6.36. The molecule has 0 aliphatic heterocycles. The molecule has 4 heteroatoms. The summed E-state index contributed by atoms with van der Waals surface area (Å²) in [7, 11) is 1.76. The van der Waals surface area contributed by atoms with Gasteiger partial charge in [0.15, 0.2) is 0 Å². The first-order valence-electron chi connectivity index (χ1n) is 7.13. The van der Waals surface area contributed by atoms with Crippen molar-refractivity contribution in [3.05, 3.63) is 33.3 Å². The average molecular weight is 363 g/mol. The second-order valence-corrected chi connectivity index (χ2v) is 7.00. The molecular formula is C16H25BrClNO. The van der Waals surface area contributed by atoms with E-state index in [1.54, 1.807) is 7.11 Å². The smallest absolute Gasteiger partial charge is 0.0623 e. The van der Waals surface area contributed by atoms with Crippen molar-refractivity contribution in [3.63, 3.8) is 0 Å². The number of ether oxygens (including phenoxy) is 1. The van der Waals surface area contributed by atoms with Crippen LogP contribution in [0.3, 0.4) is 0 Å². The van der Waals surface area contributed by atoms with Crippen molar-refractivity contribution in [2.24, 2.45) is 0 Å². The van der Waals surface area contributed by atoms with Gasteiger partial charge in [0, 0.05) is 22.6 Å². The molecular weight excluding hydrogens is 338 g/mol. The van der Waals surface area contributed by atoms with Gasteiger partial charge in [-0.2, -0.15) is 0 Å². The van der Waals surface area contributed by atoms with Gasteiger partial charge in [-0.15, -0.1) is 0 Å². The summed E-state index contributed by atoms with van der Waals surface area (Å²) in [5.74, 6) is 0. The number of methoxy groups -OCH3 is 1. The molecule has 0 bridgehead atoms. The summed E-state index contributed by atoms with van der Waals surface area (Å²) < 4.78 is 6.57. The van der Waals surface area contributed by atoms with Gasteiger partial charge in [0.05, 0.1) is 5.60 Å². The van der Waals surface area contributed by atoms with Crippen LogP contribution in [0.2, 0.25) is 5.02 Å². The van der Waals surface area contributed by atoms with Crippen LogP contribution in [0.4, 0.5) is 0 Å². The SMILES string of the molecule is CCCNC(CCC(C)(C)OC)c1cc(Br)ccc1Cl. The highest BCUT2D eigenvalue weighted by atomic mass is 79.9. The fourth-order valence-corrected chi connectivity index (χ4v) is 2.69. The Morgan fingerprint density at radius 2 is 2.10 bits per heavy atom. The van der Waals surface area contributed by atoms with Crippen LogP contribution in [0.5, 0.6) is 0 Å². The zero-order valence-corrected chi connectivity index (χ0v) is 15.1. The minimum Gasteiger partial charge on any atom is -0.379 e. The molecule has 0 aliphatic rings. The minimum atomic E-state index is -0.107. The Bertz CT molecular complexity index is 423. The lowest BCUT2D eigenvalue weighted by Crippen LogP contribution is -2.28. The molecule has 114 valence electrons. The molecule has 0 saturated heterocycles. The summed E-state index contributed by atoms with van der Waals surface area (Å²) in [6, 6.07) is 6.29. The molecule has 0 spiro atoms. The van der Waals surface area contributed by atoms with Gasteiger partial charge in [-0.1, -0.05) is 34.5 Å². The van der Waals surface area contributed by atoms with Gasteiger partial charge < -0.3 is 10.1 Å². The molecule has 1 aromatic carbocycles. The molecule has 1 aromatic rings. The van der Waals surface area contributed by atoms with Gasteiger partial charge in [-0.05, 0) is 63.4 Å². The van der Waals surface area contributed by atoms with Crippen molar-refractivity contribution in [2.45, 2.75) is 51.7 Å². The predicted molar refractivity (Wildman–Crippen MR) is 90.5 cm³/mol. The van der Waals surface area contributed by atoms with Crippen LogP contribution in [0, 0.1) is 0 Å². The topological polar surface area (TPSA) is 21.3 Å². The van der Waals surface area contributed by atoms with Crippen molar-refractivity contribution < 1.29 is 4.74 Å². The molecule has 0 radical (unpaired) electrons. The standard InChI is InChI=1S/C16H25BrClNO/c1-5-10-19-15(8-9-16(2,3)20-4)13-11-12(17)6-7-14(13)18/h6-7,11,15,19H,5,8-10H2,1-4H3. The van der Waals surface area contributed by atoms with Crippen molar-refractivity contribution in [2.75, 3.05) is 13.7 Å². The summed E-state index contributed by atoms with van der Waals surface area (Å²) in [5, 5.41) is 4.41. The summed E-state index contributed by atoms with van der Waals surface area (Å²) in [6.07, 6.45) is 3.08. The van der Waals surface area contributed by atoms with Crippen molar-refractivity contribution >= 4 is 27.5 Å². The van der Waals surface area contributed by atoms with Crippen molar-refractivity contribution in [1.29, 1.82) is 0 Å². The first-order chi connectivity index (χ1) is 9.39. The maximum atomic E-state index is 6.36. The molecule has 0 aliphatic carbocycles. The molecule has 0 heterocycles. The summed E-state index contributed by atoms with van der Waals surface area (Å²) in [6.45, 7) is 7.39. The lowest BCUT2D eigenvalue weighted by molar-refractivity contribution is 0.0117. The van der Waals surface area contributed by atoms with E-state index in [4.69, 9.17) is 16.3 Å². The van der Waals surface area contributed by atoms with E-state index in [9.17, 15) is 0 Å². The van der Waals surface area contributed by atoms with Crippen molar-refractivity contribution in [3.8, 4) is 0 Å². The van der Waals surface area contributed by atoms with Gasteiger partial charge in [0.25, 0.3) is 0 Å². The van der Waals surface area contributed by atoms with Gasteiger partial charge >= 0.3 is 0 Å². The highest BCUT2D eigenvalue weighted by Gasteiger charge is 2.21. The largest absolute Gasteiger partial charge is 0.379 e. The molecule has 1 atom stereocenters. The van der Waals surface area contributed by atoms with Crippen molar-refractivity contribution in [1.82, 2.24) is 5.32 Å². The number of hydrogen-bond donors (Lipinski definition) is 1. The van der Waals surface area contributed by atoms with Gasteiger partial charge in [-0.3, -0.25) is 0 Å². The maximum Gasteiger partial charge on any atom is 0.0623 e. The first kappa shape index (κ1) is 18.0. The third-order valence-corrected chi connectivity index (χ3v) is 4.40. The third-order valence-electron chi connectivity index (χ3n) is 3.56. The lowest BCUT2D eigenvalue weighted by Gasteiger charge is -2.27. The number of halogens is 2. The van der Waals surface area contributed by atoms with Crippen LogP contribution >= 0.6 is 27.5 Å². The number of hydrogen-bond acceptors (Lipinski definition) is 2. The Morgan fingerprint density at radius 3 is 2.70 bits per heavy atom. The zero-order valence-electron chi connectivity index (χ0n) is 12.8. The summed E-state index contributed by atoms with van der Waals surface area (Å²) in [4.78, 5) is 0.